The molecular formula is C11H9NO. The largest absolute Gasteiger partial charge is 0.872 e. The van der Waals surface area contributed by atoms with Gasteiger partial charge in [0.15, 0.2) is 12.4 Å². The Labute approximate surface area is 76.7 Å². The molecule has 0 unspecified atom stereocenters. The molecule has 2 nitrogen and oxygen atoms in total. The molecule has 0 bridgehead atoms. The molecule has 0 aliphatic heterocycles. The number of nitrogens with zero attached hydrogens (tertiary/aromatic N) is 1. The maximum absolute atomic E-state index is 10.8. The minimum Gasteiger partial charge on any atom is -0.872 e. The van der Waals surface area contributed by atoms with Gasteiger partial charge in [-0.25, -0.2) is 0 Å². The zero-order valence-corrected chi connectivity index (χ0v) is 7.05. The number of rotatable bonds is 1. The first kappa shape index (κ1) is 7.80. The van der Waals surface area contributed by atoms with Gasteiger partial charge in [-0.2, -0.15) is 4.57 Å². The van der Waals surface area contributed by atoms with Crippen molar-refractivity contribution in [2.24, 2.45) is 0 Å². The Hall–Kier alpha value is -1.83. The zero-order chi connectivity index (χ0) is 9.10. The van der Waals surface area contributed by atoms with E-state index in [1.165, 1.54) is 0 Å². The van der Waals surface area contributed by atoms with Crippen molar-refractivity contribution in [3.63, 3.8) is 0 Å². The molecule has 0 saturated heterocycles. The highest BCUT2D eigenvalue weighted by Gasteiger charge is 2.00. The van der Waals surface area contributed by atoms with E-state index in [-0.39, 0.29) is 5.75 Å². The van der Waals surface area contributed by atoms with Crippen LogP contribution in [0, 0.1) is 0 Å². The van der Waals surface area contributed by atoms with Gasteiger partial charge in [-0.15, -0.1) is 5.75 Å². The first-order valence-corrected chi connectivity index (χ1v) is 4.10. The topological polar surface area (TPSA) is 26.9 Å². The van der Waals surface area contributed by atoms with Crippen LogP contribution in [-0.4, -0.2) is 0 Å². The highest BCUT2D eigenvalue weighted by molar-refractivity contribution is 5.29. The number of hydrogen-bond acceptors (Lipinski definition) is 1. The van der Waals surface area contributed by atoms with Gasteiger partial charge < -0.3 is 5.11 Å². The summed E-state index contributed by atoms with van der Waals surface area (Å²) in [6.07, 6.45) is 3.89. The Kier molecular flexibility index (Phi) is 1.96. The lowest BCUT2D eigenvalue weighted by Gasteiger charge is -2.02. The van der Waals surface area contributed by atoms with Crippen LogP contribution in [0.1, 0.15) is 0 Å². The van der Waals surface area contributed by atoms with Crippen molar-refractivity contribution >= 4 is 0 Å². The van der Waals surface area contributed by atoms with Gasteiger partial charge in [0.05, 0.1) is 0 Å². The van der Waals surface area contributed by atoms with Gasteiger partial charge in [0, 0.05) is 24.3 Å². The fraction of sp³-hybridized carbons (Fsp3) is 0. The molecule has 2 heteroatoms. The number of benzene rings is 1. The normalized spacial score (nSPS) is 9.85. The molecule has 0 atom stereocenters. The standard InChI is InChI=1S/C11H9NO/c13-11-6-4-10(5-7-11)12-8-2-1-3-9-12/h1-9H. The molecule has 0 aliphatic rings. The fourth-order valence-electron chi connectivity index (χ4n) is 1.19. The van der Waals surface area contributed by atoms with Crippen LogP contribution in [0.4, 0.5) is 0 Å². The van der Waals surface area contributed by atoms with Crippen molar-refractivity contribution in [1.82, 2.24) is 0 Å². The lowest BCUT2D eigenvalue weighted by atomic mass is 10.3. The summed E-state index contributed by atoms with van der Waals surface area (Å²) >= 11 is 0. The molecule has 1 aromatic carbocycles. The fourth-order valence-corrected chi connectivity index (χ4v) is 1.19. The molecule has 0 saturated carbocycles. The van der Waals surface area contributed by atoms with Crippen molar-refractivity contribution in [2.75, 3.05) is 0 Å². The maximum Gasteiger partial charge on any atom is 0.210 e. The number of hydrogen-bond donors (Lipinski definition) is 0. The first-order valence-electron chi connectivity index (χ1n) is 4.10. The predicted octanol–water partition coefficient (Wildman–Crippen LogP) is 1.04. The van der Waals surface area contributed by atoms with Gasteiger partial charge in [0.2, 0.25) is 5.69 Å². The van der Waals surface area contributed by atoms with E-state index in [1.807, 2.05) is 47.3 Å². The third kappa shape index (κ3) is 1.67. The first-order chi connectivity index (χ1) is 6.36. The summed E-state index contributed by atoms with van der Waals surface area (Å²) in [4.78, 5) is 0. The van der Waals surface area contributed by atoms with E-state index in [4.69, 9.17) is 0 Å². The van der Waals surface area contributed by atoms with Crippen LogP contribution in [0.5, 0.6) is 5.75 Å². The monoisotopic (exact) mass is 171 g/mol. The average Bonchev–Trinajstić information content (AvgIpc) is 2.20. The van der Waals surface area contributed by atoms with Gasteiger partial charge >= 0.3 is 0 Å². The molecule has 0 amide bonds. The van der Waals surface area contributed by atoms with Gasteiger partial charge in [0.1, 0.15) is 0 Å². The molecule has 0 N–H and O–H groups in total. The van der Waals surface area contributed by atoms with Crippen LogP contribution >= 0.6 is 0 Å². The Morgan fingerprint density at radius 1 is 0.846 bits per heavy atom. The second-order valence-corrected chi connectivity index (χ2v) is 2.78. The molecule has 2 aromatic rings. The van der Waals surface area contributed by atoms with E-state index in [9.17, 15) is 5.11 Å². The quantitative estimate of drug-likeness (QED) is 0.589. The summed E-state index contributed by atoms with van der Waals surface area (Å²) < 4.78 is 1.96. The van der Waals surface area contributed by atoms with Crippen LogP contribution in [0.25, 0.3) is 5.69 Å². The second kappa shape index (κ2) is 3.27. The molecular weight excluding hydrogens is 162 g/mol. The van der Waals surface area contributed by atoms with E-state index in [2.05, 4.69) is 0 Å². The van der Waals surface area contributed by atoms with Crippen LogP contribution in [0.15, 0.2) is 54.9 Å². The van der Waals surface area contributed by atoms with Crippen molar-refractivity contribution in [3.05, 3.63) is 54.9 Å². The van der Waals surface area contributed by atoms with Gasteiger partial charge in [-0.1, -0.05) is 18.2 Å². The smallest absolute Gasteiger partial charge is 0.210 e. The predicted molar refractivity (Wildman–Crippen MR) is 47.4 cm³/mol. The summed E-state index contributed by atoms with van der Waals surface area (Å²) in [7, 11) is 0. The van der Waals surface area contributed by atoms with Crippen LogP contribution < -0.4 is 9.67 Å². The van der Waals surface area contributed by atoms with Crippen LogP contribution in [0.2, 0.25) is 0 Å². The summed E-state index contributed by atoms with van der Waals surface area (Å²) in [5, 5.41) is 10.8. The lowest BCUT2D eigenvalue weighted by Crippen LogP contribution is -2.28. The molecule has 1 heterocycles. The van der Waals surface area contributed by atoms with E-state index in [0.29, 0.717) is 0 Å². The molecule has 0 aliphatic carbocycles. The number of aromatic nitrogens is 1. The van der Waals surface area contributed by atoms with Crippen molar-refractivity contribution in [3.8, 4) is 11.4 Å². The molecule has 0 fully saturated rings. The Bertz CT molecular complexity index is 381. The zero-order valence-electron chi connectivity index (χ0n) is 7.05. The summed E-state index contributed by atoms with van der Waals surface area (Å²) in [6.45, 7) is 0. The van der Waals surface area contributed by atoms with E-state index < -0.39 is 0 Å². The van der Waals surface area contributed by atoms with Crippen LogP contribution in [-0.2, 0) is 0 Å². The molecule has 1 aromatic heterocycles. The minimum atomic E-state index is 0.0419. The highest BCUT2D eigenvalue weighted by atomic mass is 16.3. The van der Waals surface area contributed by atoms with Crippen LogP contribution in [0.3, 0.4) is 0 Å². The Morgan fingerprint density at radius 3 is 2.08 bits per heavy atom. The van der Waals surface area contributed by atoms with Gasteiger partial charge in [-0.3, -0.25) is 0 Å². The van der Waals surface area contributed by atoms with Gasteiger partial charge in [-0.05, 0) is 0 Å². The van der Waals surface area contributed by atoms with Crippen molar-refractivity contribution < 1.29 is 9.67 Å². The summed E-state index contributed by atoms with van der Waals surface area (Å²) in [5.74, 6) is 0.0419. The highest BCUT2D eigenvalue weighted by Crippen LogP contribution is 2.05. The van der Waals surface area contributed by atoms with E-state index in [1.54, 1.807) is 12.1 Å². The molecule has 0 spiro atoms. The Balaban J connectivity index is 2.42. The molecule has 13 heavy (non-hydrogen) atoms. The van der Waals surface area contributed by atoms with E-state index >= 15 is 0 Å². The average molecular weight is 171 g/mol. The lowest BCUT2D eigenvalue weighted by molar-refractivity contribution is -0.595. The molecule has 0 radical (unpaired) electrons. The third-order valence-corrected chi connectivity index (χ3v) is 1.85. The van der Waals surface area contributed by atoms with Crippen molar-refractivity contribution in [2.45, 2.75) is 0 Å². The van der Waals surface area contributed by atoms with Gasteiger partial charge in [0.25, 0.3) is 0 Å². The molecule has 2 rings (SSSR count). The SMILES string of the molecule is [O-]c1ccc(-[n+]2ccccc2)cc1. The second-order valence-electron chi connectivity index (χ2n) is 2.78. The van der Waals surface area contributed by atoms with Crippen molar-refractivity contribution in [1.29, 1.82) is 0 Å². The molecule has 64 valence electrons. The minimum absolute atomic E-state index is 0.0419. The van der Waals surface area contributed by atoms with E-state index in [0.717, 1.165) is 5.69 Å². The summed E-state index contributed by atoms with van der Waals surface area (Å²) in [6, 6.07) is 12.6. The maximum atomic E-state index is 10.8. The third-order valence-electron chi connectivity index (χ3n) is 1.85. The summed E-state index contributed by atoms with van der Waals surface area (Å²) in [5.41, 5.74) is 1.00. The number of pyridine rings is 1. The Morgan fingerprint density at radius 2 is 1.46 bits per heavy atom.